The van der Waals surface area contributed by atoms with Crippen molar-refractivity contribution in [1.82, 2.24) is 10.2 Å². The van der Waals surface area contributed by atoms with E-state index in [4.69, 9.17) is 53.8 Å². The van der Waals surface area contributed by atoms with Gasteiger partial charge in [0.25, 0.3) is 21.5 Å². The third-order valence-corrected chi connectivity index (χ3v) is 8.46. The molecule has 5 atom stereocenters. The number of benzene rings is 3. The molecule has 1 saturated heterocycles. The summed E-state index contributed by atoms with van der Waals surface area (Å²) in [5.41, 5.74) is 1.79. The van der Waals surface area contributed by atoms with Crippen molar-refractivity contribution < 1.29 is 42.9 Å². The number of nitrogens with zero attached hydrogens (tertiary/aromatic N) is 1. The van der Waals surface area contributed by atoms with Gasteiger partial charge in [0, 0.05) is 6.42 Å². The number of hydrogen-bond donors (Lipinski definition) is 1. The van der Waals surface area contributed by atoms with Crippen LogP contribution in [0.1, 0.15) is 51.6 Å². The lowest BCUT2D eigenvalue weighted by atomic mass is 9.93. The molecule has 3 aromatic carbocycles. The molecule has 0 saturated carbocycles. The number of carbonyl (C=O) groups is 5. The lowest BCUT2D eigenvalue weighted by molar-refractivity contribution is -0.240. The first-order valence-corrected chi connectivity index (χ1v) is 16.5. The Kier molecular flexibility index (Phi) is 12.1. The first-order chi connectivity index (χ1) is 23.4. The second-order valence-corrected chi connectivity index (χ2v) is 13.8. The van der Waals surface area contributed by atoms with Gasteiger partial charge in [-0.3, -0.25) is 24.1 Å². The van der Waals surface area contributed by atoms with E-state index < -0.39 is 58.1 Å². The Morgan fingerprint density at radius 2 is 1.35 bits per heavy atom. The molecule has 14 heteroatoms. The Labute approximate surface area is 297 Å². The van der Waals surface area contributed by atoms with Crippen molar-refractivity contribution in [1.29, 1.82) is 0 Å². The average Bonchev–Trinajstić information content (AvgIpc) is 3.33. The summed E-state index contributed by atoms with van der Waals surface area (Å²) in [5, 5.41) is 2.51. The van der Waals surface area contributed by atoms with Crippen molar-refractivity contribution in [2.45, 2.75) is 67.4 Å². The van der Waals surface area contributed by atoms with E-state index in [1.807, 2.05) is 36.4 Å². The number of amides is 3. The Morgan fingerprint density at radius 3 is 1.90 bits per heavy atom. The number of carbonyl (C=O) groups excluding carboxylic acids is 5. The van der Waals surface area contributed by atoms with Gasteiger partial charge in [-0.2, -0.15) is 0 Å². The number of fused-ring (bicyclic) bond motifs is 1. The number of halogens is 3. The Balaban J connectivity index is 1.57. The number of ketones is 1. The molecule has 258 valence electrons. The molecule has 0 unspecified atom stereocenters. The normalized spacial score (nSPS) is 22.0. The first kappa shape index (κ1) is 36.4. The standard InChI is InChI=1S/C35H33Cl3N2O9/c1-21(41)16-17-27(42)49-29-26(20-46-18-22-10-4-2-5-11-22)48-31(39-34(45)35(36,37)38)28(30(29)47-19-23-12-6-3-7-13-23)40-32(43)24-14-8-9-15-25(24)33(40)44/h2-15,26,28-31H,16-20H2,1H3,(H,39,45)/t26-,28-,29-,30-,31-/m1/s1. The van der Waals surface area contributed by atoms with Crippen LogP contribution >= 0.6 is 34.8 Å². The highest BCUT2D eigenvalue weighted by Gasteiger charge is 2.56. The quantitative estimate of drug-likeness (QED) is 0.147. The molecule has 3 aromatic rings. The largest absolute Gasteiger partial charge is 0.457 e. The third kappa shape index (κ3) is 9.04. The van der Waals surface area contributed by atoms with Gasteiger partial charge < -0.3 is 29.1 Å². The maximum Gasteiger partial charge on any atom is 0.306 e. The highest BCUT2D eigenvalue weighted by molar-refractivity contribution is 6.76. The van der Waals surface area contributed by atoms with E-state index in [-0.39, 0.29) is 49.6 Å². The van der Waals surface area contributed by atoms with Crippen LogP contribution in [0.3, 0.4) is 0 Å². The summed E-state index contributed by atoms with van der Waals surface area (Å²) in [7, 11) is 0. The number of hydrogen-bond acceptors (Lipinski definition) is 9. The molecule has 0 spiro atoms. The van der Waals surface area contributed by atoms with E-state index >= 15 is 0 Å². The molecule has 0 bridgehead atoms. The number of imide groups is 1. The second-order valence-electron chi connectivity index (χ2n) is 11.5. The van der Waals surface area contributed by atoms with Gasteiger partial charge in [0.05, 0.1) is 37.4 Å². The van der Waals surface area contributed by atoms with Gasteiger partial charge in [0.15, 0.2) is 12.3 Å². The zero-order valence-electron chi connectivity index (χ0n) is 26.3. The Morgan fingerprint density at radius 1 is 0.796 bits per heavy atom. The van der Waals surface area contributed by atoms with Crippen LogP contribution in [0.15, 0.2) is 84.9 Å². The molecule has 11 nitrogen and oxygen atoms in total. The van der Waals surface area contributed by atoms with Gasteiger partial charge in [0.1, 0.15) is 24.0 Å². The number of rotatable bonds is 13. The maximum absolute atomic E-state index is 13.9. The van der Waals surface area contributed by atoms with Crippen molar-refractivity contribution >= 4 is 64.3 Å². The van der Waals surface area contributed by atoms with Gasteiger partial charge in [-0.25, -0.2) is 0 Å². The molecule has 1 fully saturated rings. The predicted molar refractivity (Wildman–Crippen MR) is 179 cm³/mol. The summed E-state index contributed by atoms with van der Waals surface area (Å²) in [6.07, 6.45) is -5.63. The smallest absolute Gasteiger partial charge is 0.306 e. The van der Waals surface area contributed by atoms with Crippen LogP contribution in [-0.4, -0.2) is 75.4 Å². The van der Waals surface area contributed by atoms with Crippen LogP contribution < -0.4 is 5.32 Å². The molecule has 2 heterocycles. The van der Waals surface area contributed by atoms with Gasteiger partial charge >= 0.3 is 5.97 Å². The van der Waals surface area contributed by atoms with Crippen LogP contribution in [0.4, 0.5) is 0 Å². The zero-order valence-corrected chi connectivity index (χ0v) is 28.5. The van der Waals surface area contributed by atoms with Crippen molar-refractivity contribution in [2.75, 3.05) is 6.61 Å². The van der Waals surface area contributed by atoms with Crippen molar-refractivity contribution in [3.8, 4) is 0 Å². The average molecular weight is 732 g/mol. The van der Waals surface area contributed by atoms with E-state index in [0.717, 1.165) is 16.0 Å². The maximum atomic E-state index is 13.9. The molecule has 0 radical (unpaired) electrons. The fourth-order valence-corrected chi connectivity index (χ4v) is 5.77. The van der Waals surface area contributed by atoms with Gasteiger partial charge in [0.2, 0.25) is 0 Å². The van der Waals surface area contributed by atoms with E-state index in [1.54, 1.807) is 36.4 Å². The lowest BCUT2D eigenvalue weighted by Crippen LogP contribution is -2.70. The van der Waals surface area contributed by atoms with Crippen LogP contribution in [0.25, 0.3) is 0 Å². The summed E-state index contributed by atoms with van der Waals surface area (Å²) in [6.45, 7) is 1.24. The zero-order chi connectivity index (χ0) is 35.1. The Hall–Kier alpha value is -3.84. The van der Waals surface area contributed by atoms with E-state index in [1.165, 1.54) is 19.1 Å². The molecule has 5 rings (SSSR count). The second kappa shape index (κ2) is 16.2. The van der Waals surface area contributed by atoms with Crippen molar-refractivity contribution in [3.63, 3.8) is 0 Å². The molecular weight excluding hydrogens is 699 g/mol. The number of alkyl halides is 3. The number of esters is 1. The van der Waals surface area contributed by atoms with Gasteiger partial charge in [-0.1, -0.05) is 108 Å². The number of nitrogens with one attached hydrogen (secondary N) is 1. The van der Waals surface area contributed by atoms with E-state index in [0.29, 0.717) is 0 Å². The Bertz CT molecular complexity index is 1630. The fraction of sp³-hybridized carbons (Fsp3) is 0.343. The van der Waals surface area contributed by atoms with Crippen LogP contribution in [0.5, 0.6) is 0 Å². The van der Waals surface area contributed by atoms with Crippen molar-refractivity contribution in [3.05, 3.63) is 107 Å². The summed E-state index contributed by atoms with van der Waals surface area (Å²) in [6, 6.07) is 23.0. The highest BCUT2D eigenvalue weighted by atomic mass is 35.6. The molecule has 0 aliphatic carbocycles. The molecule has 1 N–H and O–H groups in total. The summed E-state index contributed by atoms with van der Waals surface area (Å²) >= 11 is 17.8. The monoisotopic (exact) mass is 730 g/mol. The molecule has 2 aliphatic heterocycles. The molecule has 3 amide bonds. The molecular formula is C35H33Cl3N2O9. The molecule has 0 aromatic heterocycles. The fourth-order valence-electron chi connectivity index (χ4n) is 5.61. The van der Waals surface area contributed by atoms with E-state index in [9.17, 15) is 24.0 Å². The van der Waals surface area contributed by atoms with E-state index in [2.05, 4.69) is 5.32 Å². The number of Topliss-reactive ketones (excluding diaryl/α,β-unsaturated/α-hetero) is 1. The van der Waals surface area contributed by atoms with Crippen LogP contribution in [-0.2, 0) is 46.5 Å². The SMILES string of the molecule is CC(=O)CCC(=O)O[C@H]1[C@H](OCc2ccccc2)[C@@H](N2C(=O)c3ccccc3C2=O)[C@H](NC(=O)C(Cl)(Cl)Cl)O[C@@H]1COCc1ccccc1. The highest BCUT2D eigenvalue weighted by Crippen LogP contribution is 2.36. The van der Waals surface area contributed by atoms with Crippen molar-refractivity contribution in [2.24, 2.45) is 0 Å². The van der Waals surface area contributed by atoms with Crippen LogP contribution in [0.2, 0.25) is 0 Å². The minimum absolute atomic E-state index is 0.0601. The minimum atomic E-state index is -2.45. The summed E-state index contributed by atoms with van der Waals surface area (Å²) < 4.78 is 22.3. The first-order valence-electron chi connectivity index (χ1n) is 15.4. The van der Waals surface area contributed by atoms with Gasteiger partial charge in [-0.05, 0) is 30.2 Å². The van der Waals surface area contributed by atoms with Crippen LogP contribution in [0, 0.1) is 0 Å². The molecule has 2 aliphatic rings. The third-order valence-electron chi connectivity index (χ3n) is 7.94. The lowest BCUT2D eigenvalue weighted by Gasteiger charge is -2.48. The topological polar surface area (TPSA) is 138 Å². The van der Waals surface area contributed by atoms with Gasteiger partial charge in [-0.15, -0.1) is 0 Å². The predicted octanol–water partition coefficient (Wildman–Crippen LogP) is 4.95. The minimum Gasteiger partial charge on any atom is -0.457 e. The summed E-state index contributed by atoms with van der Waals surface area (Å²) in [4.78, 5) is 66.7. The molecule has 49 heavy (non-hydrogen) atoms. The number of ether oxygens (including phenoxy) is 4. The summed E-state index contributed by atoms with van der Waals surface area (Å²) in [5.74, 6) is -3.48.